The third kappa shape index (κ3) is 2.91. The first kappa shape index (κ1) is 13.9. The molecule has 0 aliphatic heterocycles. The van der Waals surface area contributed by atoms with E-state index in [1.165, 1.54) is 12.1 Å². The van der Waals surface area contributed by atoms with Gasteiger partial charge in [0.05, 0.1) is 0 Å². The van der Waals surface area contributed by atoms with Crippen LogP contribution in [0.1, 0.15) is 35.7 Å². The summed E-state index contributed by atoms with van der Waals surface area (Å²) in [5.41, 5.74) is 6.96. The monoisotopic (exact) mass is 271 g/mol. The quantitative estimate of drug-likeness (QED) is 0.510. The van der Waals surface area contributed by atoms with Gasteiger partial charge in [0, 0.05) is 11.8 Å². The summed E-state index contributed by atoms with van der Waals surface area (Å²) < 4.78 is 5.37. The molecule has 0 aliphatic carbocycles. The first-order valence-corrected chi connectivity index (χ1v) is 6.38. The summed E-state index contributed by atoms with van der Waals surface area (Å²) in [7, 11) is 0. The Balaban J connectivity index is 2.28. The molecule has 0 atom stereocenters. The molecule has 2 rings (SSSR count). The second kappa shape index (κ2) is 5.65. The van der Waals surface area contributed by atoms with E-state index in [9.17, 15) is 9.90 Å². The van der Waals surface area contributed by atoms with Crippen LogP contribution in [0.5, 0.6) is 11.5 Å². The van der Waals surface area contributed by atoms with E-state index < -0.39 is 5.97 Å². The zero-order valence-corrected chi connectivity index (χ0v) is 11.5. The van der Waals surface area contributed by atoms with Gasteiger partial charge in [-0.25, -0.2) is 4.79 Å². The molecule has 0 saturated heterocycles. The summed E-state index contributed by atoms with van der Waals surface area (Å²) in [5.74, 6) is -0.0460. The lowest BCUT2D eigenvalue weighted by atomic mass is 10.0. The van der Waals surface area contributed by atoms with E-state index in [1.807, 2.05) is 26.0 Å². The first-order valence-electron chi connectivity index (χ1n) is 6.38. The maximum absolute atomic E-state index is 12.1. The molecule has 104 valence electrons. The number of aromatic hydroxyl groups is 1. The number of ether oxygens (including phenoxy) is 1. The Bertz CT molecular complexity index is 635. The predicted molar refractivity (Wildman–Crippen MR) is 78.0 cm³/mol. The number of carbonyl (C=O) groups is 1. The van der Waals surface area contributed by atoms with Crippen molar-refractivity contribution in [3.8, 4) is 11.5 Å². The SMILES string of the molecule is CC(C)c1ccccc1OC(=O)c1ccc(N)cc1O. The van der Waals surface area contributed by atoms with Crippen LogP contribution in [0, 0.1) is 0 Å². The van der Waals surface area contributed by atoms with E-state index in [2.05, 4.69) is 0 Å². The van der Waals surface area contributed by atoms with Gasteiger partial charge in [-0.15, -0.1) is 0 Å². The number of hydrogen-bond donors (Lipinski definition) is 2. The number of phenolic OH excluding ortho intramolecular Hbond substituents is 1. The molecule has 0 amide bonds. The number of rotatable bonds is 3. The molecule has 20 heavy (non-hydrogen) atoms. The maximum Gasteiger partial charge on any atom is 0.347 e. The molecular formula is C16H17NO3. The molecule has 4 heteroatoms. The summed E-state index contributed by atoms with van der Waals surface area (Å²) in [6.07, 6.45) is 0. The van der Waals surface area contributed by atoms with Crippen molar-refractivity contribution in [1.29, 1.82) is 0 Å². The lowest BCUT2D eigenvalue weighted by Gasteiger charge is -2.13. The van der Waals surface area contributed by atoms with Crippen LogP contribution in [0.25, 0.3) is 0 Å². The average molecular weight is 271 g/mol. The molecule has 0 aromatic heterocycles. The van der Waals surface area contributed by atoms with E-state index in [0.717, 1.165) is 5.56 Å². The zero-order chi connectivity index (χ0) is 14.7. The van der Waals surface area contributed by atoms with Gasteiger partial charge in [-0.05, 0) is 29.7 Å². The minimum absolute atomic E-state index is 0.0951. The topological polar surface area (TPSA) is 72.5 Å². The predicted octanol–water partition coefficient (Wildman–Crippen LogP) is 3.32. The largest absolute Gasteiger partial charge is 0.507 e. The van der Waals surface area contributed by atoms with Crippen molar-refractivity contribution in [2.45, 2.75) is 19.8 Å². The second-order valence-corrected chi connectivity index (χ2v) is 4.86. The molecule has 3 N–H and O–H groups in total. The Labute approximate surface area is 117 Å². The molecule has 0 radical (unpaired) electrons. The van der Waals surface area contributed by atoms with Gasteiger partial charge in [0.2, 0.25) is 0 Å². The second-order valence-electron chi connectivity index (χ2n) is 4.86. The van der Waals surface area contributed by atoms with Gasteiger partial charge in [-0.3, -0.25) is 0 Å². The van der Waals surface area contributed by atoms with Crippen LogP contribution in [0.3, 0.4) is 0 Å². The van der Waals surface area contributed by atoms with Crippen LogP contribution in [-0.2, 0) is 0 Å². The fraction of sp³-hybridized carbons (Fsp3) is 0.188. The van der Waals surface area contributed by atoms with Gasteiger partial charge in [-0.2, -0.15) is 0 Å². The fourth-order valence-corrected chi connectivity index (χ4v) is 1.93. The summed E-state index contributed by atoms with van der Waals surface area (Å²) >= 11 is 0. The smallest absolute Gasteiger partial charge is 0.347 e. The zero-order valence-electron chi connectivity index (χ0n) is 11.5. The maximum atomic E-state index is 12.1. The fourth-order valence-electron chi connectivity index (χ4n) is 1.93. The Hall–Kier alpha value is -2.49. The number of nitrogens with two attached hydrogens (primary N) is 1. The third-order valence-electron chi connectivity index (χ3n) is 2.99. The highest BCUT2D eigenvalue weighted by Gasteiger charge is 2.16. The summed E-state index contributed by atoms with van der Waals surface area (Å²) in [6, 6.07) is 11.7. The molecule has 0 bridgehead atoms. The van der Waals surface area contributed by atoms with Gasteiger partial charge in [0.15, 0.2) is 0 Å². The van der Waals surface area contributed by atoms with Crippen molar-refractivity contribution >= 4 is 11.7 Å². The standard InChI is InChI=1S/C16H17NO3/c1-10(2)12-5-3-4-6-15(12)20-16(19)13-8-7-11(17)9-14(13)18/h3-10,18H,17H2,1-2H3. The van der Waals surface area contributed by atoms with Crippen molar-refractivity contribution in [3.63, 3.8) is 0 Å². The normalized spacial score (nSPS) is 10.6. The Morgan fingerprint density at radius 1 is 1.20 bits per heavy atom. The number of nitrogen functional groups attached to an aromatic ring is 1. The molecular weight excluding hydrogens is 254 g/mol. The van der Waals surface area contributed by atoms with Crippen LogP contribution >= 0.6 is 0 Å². The molecule has 2 aromatic rings. The van der Waals surface area contributed by atoms with Crippen molar-refractivity contribution in [2.24, 2.45) is 0 Å². The minimum atomic E-state index is -0.601. The van der Waals surface area contributed by atoms with Crippen LogP contribution in [0.15, 0.2) is 42.5 Å². The molecule has 0 aliphatic rings. The number of anilines is 1. The van der Waals surface area contributed by atoms with Crippen LogP contribution in [-0.4, -0.2) is 11.1 Å². The molecule has 2 aromatic carbocycles. The van der Waals surface area contributed by atoms with Crippen LogP contribution < -0.4 is 10.5 Å². The van der Waals surface area contributed by atoms with E-state index in [1.54, 1.807) is 18.2 Å². The van der Waals surface area contributed by atoms with Crippen LogP contribution in [0.4, 0.5) is 5.69 Å². The molecule has 0 spiro atoms. The molecule has 0 saturated carbocycles. The van der Waals surface area contributed by atoms with Crippen LogP contribution in [0.2, 0.25) is 0 Å². The number of hydrogen-bond acceptors (Lipinski definition) is 4. The van der Waals surface area contributed by atoms with Gasteiger partial charge >= 0.3 is 5.97 Å². The molecule has 0 unspecified atom stereocenters. The highest BCUT2D eigenvalue weighted by molar-refractivity contribution is 5.94. The molecule has 0 fully saturated rings. The lowest BCUT2D eigenvalue weighted by molar-refractivity contribution is 0.0730. The van der Waals surface area contributed by atoms with Gasteiger partial charge in [0.25, 0.3) is 0 Å². The molecule has 4 nitrogen and oxygen atoms in total. The van der Waals surface area contributed by atoms with Crippen molar-refractivity contribution in [1.82, 2.24) is 0 Å². The average Bonchev–Trinajstić information content (AvgIpc) is 2.38. The number of carbonyl (C=O) groups excluding carboxylic acids is 1. The number of esters is 1. The highest BCUT2D eigenvalue weighted by atomic mass is 16.5. The summed E-state index contributed by atoms with van der Waals surface area (Å²) in [5, 5.41) is 9.74. The lowest BCUT2D eigenvalue weighted by Crippen LogP contribution is -2.10. The number of phenols is 1. The van der Waals surface area contributed by atoms with Crippen molar-refractivity contribution < 1.29 is 14.6 Å². The van der Waals surface area contributed by atoms with E-state index in [4.69, 9.17) is 10.5 Å². The summed E-state index contributed by atoms with van der Waals surface area (Å²) in [6.45, 7) is 4.04. The Morgan fingerprint density at radius 2 is 1.90 bits per heavy atom. The van der Waals surface area contributed by atoms with Gasteiger partial charge in [0.1, 0.15) is 17.1 Å². The Kier molecular flexibility index (Phi) is 3.94. The molecule has 0 heterocycles. The highest BCUT2D eigenvalue weighted by Crippen LogP contribution is 2.28. The van der Waals surface area contributed by atoms with Crippen molar-refractivity contribution in [2.75, 3.05) is 5.73 Å². The van der Waals surface area contributed by atoms with E-state index >= 15 is 0 Å². The van der Waals surface area contributed by atoms with Gasteiger partial charge < -0.3 is 15.6 Å². The number of para-hydroxylation sites is 1. The van der Waals surface area contributed by atoms with Gasteiger partial charge in [-0.1, -0.05) is 32.0 Å². The Morgan fingerprint density at radius 3 is 2.55 bits per heavy atom. The first-order chi connectivity index (χ1) is 9.49. The van der Waals surface area contributed by atoms with Crippen molar-refractivity contribution in [3.05, 3.63) is 53.6 Å². The summed E-state index contributed by atoms with van der Waals surface area (Å²) in [4.78, 5) is 12.1. The van der Waals surface area contributed by atoms with E-state index in [0.29, 0.717) is 11.4 Å². The van der Waals surface area contributed by atoms with E-state index in [-0.39, 0.29) is 17.2 Å². The number of benzene rings is 2. The minimum Gasteiger partial charge on any atom is -0.507 e. The third-order valence-corrected chi connectivity index (χ3v) is 2.99.